The second kappa shape index (κ2) is 3.47. The van der Waals surface area contributed by atoms with Gasteiger partial charge in [0.05, 0.1) is 18.1 Å². The zero-order valence-corrected chi connectivity index (χ0v) is 8.88. The van der Waals surface area contributed by atoms with Gasteiger partial charge in [0, 0.05) is 5.54 Å². The summed E-state index contributed by atoms with van der Waals surface area (Å²) in [7, 11) is 0. The first-order valence-corrected chi connectivity index (χ1v) is 4.84. The van der Waals surface area contributed by atoms with Gasteiger partial charge in [-0.25, -0.2) is 0 Å². The predicted molar refractivity (Wildman–Crippen MR) is 58.6 cm³/mol. The van der Waals surface area contributed by atoms with Gasteiger partial charge >= 0.3 is 0 Å². The molecule has 0 saturated carbocycles. The summed E-state index contributed by atoms with van der Waals surface area (Å²) >= 11 is 0. The van der Waals surface area contributed by atoms with E-state index in [1.807, 2.05) is 38.1 Å². The number of rotatable bonds is 2. The van der Waals surface area contributed by atoms with Gasteiger partial charge in [-0.1, -0.05) is 18.2 Å². The smallest absolute Gasteiger partial charge is 0.0906 e. The van der Waals surface area contributed by atoms with Crippen molar-refractivity contribution in [1.82, 2.24) is 15.0 Å². The van der Waals surface area contributed by atoms with Crippen molar-refractivity contribution in [2.45, 2.75) is 19.4 Å². The van der Waals surface area contributed by atoms with E-state index in [1.165, 1.54) is 0 Å². The van der Waals surface area contributed by atoms with Crippen molar-refractivity contribution in [3.8, 4) is 5.69 Å². The molecule has 1 heterocycles. The molecule has 0 radical (unpaired) electrons. The molecule has 78 valence electrons. The first-order valence-electron chi connectivity index (χ1n) is 4.84. The van der Waals surface area contributed by atoms with Gasteiger partial charge < -0.3 is 5.73 Å². The van der Waals surface area contributed by atoms with E-state index in [2.05, 4.69) is 10.2 Å². The van der Waals surface area contributed by atoms with Crippen LogP contribution in [0.1, 0.15) is 19.4 Å². The zero-order chi connectivity index (χ0) is 10.9. The second-order valence-electron chi connectivity index (χ2n) is 4.06. The van der Waals surface area contributed by atoms with Crippen molar-refractivity contribution in [2.24, 2.45) is 5.73 Å². The fourth-order valence-electron chi connectivity index (χ4n) is 1.53. The minimum atomic E-state index is -0.399. The largest absolute Gasteiger partial charge is 0.322 e. The molecule has 0 fully saturated rings. The molecular weight excluding hydrogens is 188 g/mol. The monoisotopic (exact) mass is 202 g/mol. The van der Waals surface area contributed by atoms with E-state index >= 15 is 0 Å². The van der Waals surface area contributed by atoms with E-state index in [1.54, 1.807) is 17.2 Å². The number of aromatic nitrogens is 3. The lowest BCUT2D eigenvalue weighted by Gasteiger charge is -2.21. The Labute approximate surface area is 88.7 Å². The number of para-hydroxylation sites is 1. The fraction of sp³-hybridized carbons (Fsp3) is 0.273. The maximum Gasteiger partial charge on any atom is 0.0906 e. The lowest BCUT2D eigenvalue weighted by molar-refractivity contribution is 0.544. The maximum atomic E-state index is 6.09. The molecule has 0 unspecified atom stereocenters. The van der Waals surface area contributed by atoms with Gasteiger partial charge in [0.1, 0.15) is 0 Å². The van der Waals surface area contributed by atoms with Crippen molar-refractivity contribution in [3.05, 3.63) is 42.2 Å². The van der Waals surface area contributed by atoms with E-state index in [4.69, 9.17) is 5.73 Å². The van der Waals surface area contributed by atoms with Crippen molar-refractivity contribution in [2.75, 3.05) is 0 Å². The van der Waals surface area contributed by atoms with Crippen LogP contribution in [-0.2, 0) is 5.54 Å². The summed E-state index contributed by atoms with van der Waals surface area (Å²) in [5.74, 6) is 0. The van der Waals surface area contributed by atoms with E-state index in [0.717, 1.165) is 11.3 Å². The molecule has 4 nitrogen and oxygen atoms in total. The molecule has 0 saturated heterocycles. The van der Waals surface area contributed by atoms with Crippen LogP contribution in [0.4, 0.5) is 0 Å². The minimum absolute atomic E-state index is 0.399. The van der Waals surface area contributed by atoms with Crippen LogP contribution in [0.25, 0.3) is 5.69 Å². The average Bonchev–Trinajstić information content (AvgIpc) is 2.69. The predicted octanol–water partition coefficient (Wildman–Crippen LogP) is 1.46. The normalized spacial score (nSPS) is 11.7. The first kappa shape index (κ1) is 9.86. The van der Waals surface area contributed by atoms with Gasteiger partial charge in [0.15, 0.2) is 0 Å². The highest BCUT2D eigenvalue weighted by Crippen LogP contribution is 2.22. The number of nitrogens with two attached hydrogens (primary N) is 1. The molecule has 2 rings (SSSR count). The molecule has 0 aliphatic heterocycles. The van der Waals surface area contributed by atoms with Crippen molar-refractivity contribution in [3.63, 3.8) is 0 Å². The molecule has 15 heavy (non-hydrogen) atoms. The van der Waals surface area contributed by atoms with Crippen LogP contribution in [0, 0.1) is 0 Å². The van der Waals surface area contributed by atoms with Crippen LogP contribution in [0.3, 0.4) is 0 Å². The Hall–Kier alpha value is -1.68. The van der Waals surface area contributed by atoms with Gasteiger partial charge in [-0.2, -0.15) is 15.0 Å². The summed E-state index contributed by atoms with van der Waals surface area (Å²) < 4.78 is 0. The van der Waals surface area contributed by atoms with Crippen LogP contribution in [0.5, 0.6) is 0 Å². The Balaban J connectivity index is 2.58. The Morgan fingerprint density at radius 3 is 2.33 bits per heavy atom. The Bertz CT molecular complexity index is 440. The third-order valence-electron chi connectivity index (χ3n) is 2.23. The van der Waals surface area contributed by atoms with Crippen molar-refractivity contribution >= 4 is 0 Å². The molecule has 0 atom stereocenters. The van der Waals surface area contributed by atoms with Crippen LogP contribution in [0.2, 0.25) is 0 Å². The summed E-state index contributed by atoms with van der Waals surface area (Å²) in [5.41, 5.74) is 7.65. The summed E-state index contributed by atoms with van der Waals surface area (Å²) in [6.07, 6.45) is 3.31. The summed E-state index contributed by atoms with van der Waals surface area (Å²) in [5, 5.41) is 8.22. The van der Waals surface area contributed by atoms with Crippen LogP contribution < -0.4 is 5.73 Å². The molecule has 0 bridgehead atoms. The standard InChI is InChI=1S/C11H14N4/c1-11(2,12)9-5-3-4-6-10(9)15-13-7-8-14-15/h3-8H,12H2,1-2H3. The van der Waals surface area contributed by atoms with Crippen LogP contribution in [0.15, 0.2) is 36.7 Å². The minimum Gasteiger partial charge on any atom is -0.322 e. The molecule has 4 heteroatoms. The third-order valence-corrected chi connectivity index (χ3v) is 2.23. The topological polar surface area (TPSA) is 56.7 Å². The third kappa shape index (κ3) is 1.89. The molecule has 0 aliphatic carbocycles. The lowest BCUT2D eigenvalue weighted by Crippen LogP contribution is -2.30. The molecule has 2 N–H and O–H groups in total. The zero-order valence-electron chi connectivity index (χ0n) is 8.88. The fourth-order valence-corrected chi connectivity index (χ4v) is 1.53. The summed E-state index contributed by atoms with van der Waals surface area (Å²) in [6, 6.07) is 7.88. The molecule has 1 aromatic carbocycles. The van der Waals surface area contributed by atoms with Crippen LogP contribution >= 0.6 is 0 Å². The molecule has 0 aliphatic rings. The van der Waals surface area contributed by atoms with Crippen molar-refractivity contribution in [1.29, 1.82) is 0 Å². The highest BCUT2D eigenvalue weighted by Gasteiger charge is 2.19. The maximum absolute atomic E-state index is 6.09. The molecule has 0 amide bonds. The SMILES string of the molecule is CC(C)(N)c1ccccc1-n1nccn1. The number of hydrogen-bond donors (Lipinski definition) is 1. The summed E-state index contributed by atoms with van der Waals surface area (Å²) in [6.45, 7) is 3.94. The molecule has 0 spiro atoms. The Morgan fingerprint density at radius 2 is 1.73 bits per heavy atom. The molecule has 2 aromatic rings. The lowest BCUT2D eigenvalue weighted by atomic mass is 9.94. The highest BCUT2D eigenvalue weighted by molar-refractivity contribution is 5.43. The number of benzene rings is 1. The number of hydrogen-bond acceptors (Lipinski definition) is 3. The Morgan fingerprint density at radius 1 is 1.13 bits per heavy atom. The van der Waals surface area contributed by atoms with Crippen LogP contribution in [-0.4, -0.2) is 15.0 Å². The Kier molecular flexibility index (Phi) is 2.28. The quantitative estimate of drug-likeness (QED) is 0.802. The van der Waals surface area contributed by atoms with Gasteiger partial charge in [-0.3, -0.25) is 0 Å². The van der Waals surface area contributed by atoms with E-state index in [-0.39, 0.29) is 0 Å². The van der Waals surface area contributed by atoms with E-state index in [9.17, 15) is 0 Å². The van der Waals surface area contributed by atoms with E-state index in [0.29, 0.717) is 0 Å². The van der Waals surface area contributed by atoms with E-state index < -0.39 is 5.54 Å². The first-order chi connectivity index (χ1) is 7.09. The number of nitrogens with zero attached hydrogens (tertiary/aromatic N) is 3. The van der Waals surface area contributed by atoms with Gasteiger partial charge in [0.2, 0.25) is 0 Å². The second-order valence-corrected chi connectivity index (χ2v) is 4.06. The average molecular weight is 202 g/mol. The molecule has 1 aromatic heterocycles. The van der Waals surface area contributed by atoms with Gasteiger partial charge in [0.25, 0.3) is 0 Å². The van der Waals surface area contributed by atoms with Gasteiger partial charge in [-0.15, -0.1) is 0 Å². The molecular formula is C11H14N4. The summed E-state index contributed by atoms with van der Waals surface area (Å²) in [4.78, 5) is 1.59. The van der Waals surface area contributed by atoms with Crippen molar-refractivity contribution < 1.29 is 0 Å². The highest BCUT2D eigenvalue weighted by atomic mass is 15.5. The van der Waals surface area contributed by atoms with Gasteiger partial charge in [-0.05, 0) is 25.5 Å².